The first-order valence-corrected chi connectivity index (χ1v) is 9.14. The molecule has 0 saturated carbocycles. The molecule has 0 rings (SSSR count). The minimum absolute atomic E-state index is 0.0581. The van der Waals surface area contributed by atoms with E-state index in [0.29, 0.717) is 18.9 Å². The first-order valence-electron chi connectivity index (χ1n) is 8.60. The normalized spacial score (nSPS) is 11.0. The molecule has 0 aliphatic carbocycles. The first-order chi connectivity index (χ1) is 10.2. The number of hydrogen-bond donors (Lipinski definition) is 0. The summed E-state index contributed by atoms with van der Waals surface area (Å²) in [5.41, 5.74) is 0. The van der Waals surface area contributed by atoms with E-state index >= 15 is 0 Å². The van der Waals surface area contributed by atoms with Crippen LogP contribution in [-0.4, -0.2) is 43.5 Å². The fraction of sp³-hybridized carbons (Fsp3) is 0.941. The molecule has 0 fully saturated rings. The SMILES string of the molecule is CCCCCCCCCCCC(=O)OCCN(C)CCCl. The second-order valence-corrected chi connectivity index (χ2v) is 6.17. The third-order valence-electron chi connectivity index (χ3n) is 3.69. The van der Waals surface area contributed by atoms with Gasteiger partial charge in [0.25, 0.3) is 0 Å². The zero-order chi connectivity index (χ0) is 15.8. The van der Waals surface area contributed by atoms with Crippen molar-refractivity contribution in [2.24, 2.45) is 0 Å². The molecule has 0 aliphatic rings. The second-order valence-electron chi connectivity index (χ2n) is 5.79. The molecule has 0 aromatic heterocycles. The average Bonchev–Trinajstić information content (AvgIpc) is 2.46. The van der Waals surface area contributed by atoms with Gasteiger partial charge in [-0.1, -0.05) is 58.3 Å². The third kappa shape index (κ3) is 15.9. The van der Waals surface area contributed by atoms with Crippen molar-refractivity contribution in [1.82, 2.24) is 4.90 Å². The number of rotatable bonds is 15. The summed E-state index contributed by atoms with van der Waals surface area (Å²) in [6, 6.07) is 0. The monoisotopic (exact) mass is 319 g/mol. The Kier molecular flexibility index (Phi) is 15.9. The van der Waals surface area contributed by atoms with E-state index in [-0.39, 0.29) is 5.97 Å². The Balaban J connectivity index is 3.23. The van der Waals surface area contributed by atoms with Crippen molar-refractivity contribution < 1.29 is 9.53 Å². The minimum Gasteiger partial charge on any atom is -0.464 e. The summed E-state index contributed by atoms with van der Waals surface area (Å²) < 4.78 is 5.21. The largest absolute Gasteiger partial charge is 0.464 e. The summed E-state index contributed by atoms with van der Waals surface area (Å²) in [5.74, 6) is 0.556. The highest BCUT2D eigenvalue weighted by Gasteiger charge is 2.04. The number of carbonyl (C=O) groups is 1. The van der Waals surface area contributed by atoms with Gasteiger partial charge in [-0.05, 0) is 13.5 Å². The highest BCUT2D eigenvalue weighted by molar-refractivity contribution is 6.18. The van der Waals surface area contributed by atoms with Crippen LogP contribution in [0.2, 0.25) is 0 Å². The van der Waals surface area contributed by atoms with Gasteiger partial charge in [-0.2, -0.15) is 0 Å². The summed E-state index contributed by atoms with van der Waals surface area (Å²) in [7, 11) is 1.98. The summed E-state index contributed by atoms with van der Waals surface area (Å²) in [6.07, 6.45) is 12.0. The van der Waals surface area contributed by atoms with Crippen molar-refractivity contribution in [1.29, 1.82) is 0 Å². The summed E-state index contributed by atoms with van der Waals surface area (Å²) in [6.45, 7) is 4.31. The molecule has 0 spiro atoms. The lowest BCUT2D eigenvalue weighted by molar-refractivity contribution is -0.144. The van der Waals surface area contributed by atoms with Gasteiger partial charge in [0, 0.05) is 25.4 Å². The van der Waals surface area contributed by atoms with E-state index in [4.69, 9.17) is 16.3 Å². The summed E-state index contributed by atoms with van der Waals surface area (Å²) in [4.78, 5) is 13.6. The van der Waals surface area contributed by atoms with E-state index in [9.17, 15) is 4.79 Å². The molecule has 0 aromatic carbocycles. The van der Waals surface area contributed by atoms with Crippen LogP contribution in [0.15, 0.2) is 0 Å². The Bertz CT molecular complexity index is 237. The molecule has 0 unspecified atom stereocenters. The Hall–Kier alpha value is -0.280. The number of carbonyl (C=O) groups excluding carboxylic acids is 1. The maximum Gasteiger partial charge on any atom is 0.305 e. The zero-order valence-electron chi connectivity index (χ0n) is 14.0. The van der Waals surface area contributed by atoms with Gasteiger partial charge in [0.15, 0.2) is 0 Å². The van der Waals surface area contributed by atoms with Crippen molar-refractivity contribution in [2.75, 3.05) is 32.6 Å². The van der Waals surface area contributed by atoms with Crippen molar-refractivity contribution in [3.8, 4) is 0 Å². The van der Waals surface area contributed by atoms with E-state index in [2.05, 4.69) is 11.8 Å². The van der Waals surface area contributed by atoms with Crippen LogP contribution in [-0.2, 0) is 9.53 Å². The van der Waals surface area contributed by atoms with Crippen LogP contribution in [0.5, 0.6) is 0 Å². The molecule has 4 heteroatoms. The molecule has 0 atom stereocenters. The standard InChI is InChI=1S/C17H34ClNO2/c1-3-4-5-6-7-8-9-10-11-12-17(20)21-16-15-19(2)14-13-18/h3-16H2,1-2H3. The zero-order valence-corrected chi connectivity index (χ0v) is 14.8. The van der Waals surface area contributed by atoms with Crippen LogP contribution in [0.25, 0.3) is 0 Å². The lowest BCUT2D eigenvalue weighted by Crippen LogP contribution is -2.26. The Morgan fingerprint density at radius 1 is 0.952 bits per heavy atom. The van der Waals surface area contributed by atoms with E-state index in [0.717, 1.165) is 25.9 Å². The molecule has 126 valence electrons. The van der Waals surface area contributed by atoms with Crippen LogP contribution in [0.1, 0.15) is 71.1 Å². The predicted molar refractivity (Wildman–Crippen MR) is 91.0 cm³/mol. The Morgan fingerprint density at radius 2 is 1.52 bits per heavy atom. The third-order valence-corrected chi connectivity index (χ3v) is 3.86. The summed E-state index contributed by atoms with van der Waals surface area (Å²) >= 11 is 5.63. The van der Waals surface area contributed by atoms with Crippen molar-refractivity contribution in [3.05, 3.63) is 0 Å². The molecule has 0 N–H and O–H groups in total. The lowest BCUT2D eigenvalue weighted by Gasteiger charge is -2.14. The maximum absolute atomic E-state index is 11.5. The quantitative estimate of drug-likeness (QED) is 0.250. The van der Waals surface area contributed by atoms with Gasteiger partial charge in [-0.25, -0.2) is 0 Å². The van der Waals surface area contributed by atoms with Crippen molar-refractivity contribution >= 4 is 17.6 Å². The van der Waals surface area contributed by atoms with E-state index in [1.807, 2.05) is 7.05 Å². The fourth-order valence-corrected chi connectivity index (χ4v) is 2.51. The molecule has 0 aliphatic heterocycles. The topological polar surface area (TPSA) is 29.5 Å². The first kappa shape index (κ1) is 20.7. The minimum atomic E-state index is -0.0581. The number of halogens is 1. The van der Waals surface area contributed by atoms with Crippen LogP contribution in [0.3, 0.4) is 0 Å². The number of nitrogens with zero attached hydrogens (tertiary/aromatic N) is 1. The molecule has 0 aromatic rings. The number of hydrogen-bond acceptors (Lipinski definition) is 3. The number of ether oxygens (including phenoxy) is 1. The smallest absolute Gasteiger partial charge is 0.305 e. The second kappa shape index (κ2) is 16.1. The van der Waals surface area contributed by atoms with Crippen LogP contribution >= 0.6 is 11.6 Å². The highest BCUT2D eigenvalue weighted by Crippen LogP contribution is 2.10. The molecule has 0 saturated heterocycles. The molecular weight excluding hydrogens is 286 g/mol. The Labute approximate surface area is 136 Å². The number of unbranched alkanes of at least 4 members (excludes halogenated alkanes) is 8. The lowest BCUT2D eigenvalue weighted by atomic mass is 10.1. The molecule has 3 nitrogen and oxygen atoms in total. The molecule has 0 radical (unpaired) electrons. The van der Waals surface area contributed by atoms with E-state index in [1.54, 1.807) is 0 Å². The van der Waals surface area contributed by atoms with Gasteiger partial charge in [0.1, 0.15) is 6.61 Å². The Morgan fingerprint density at radius 3 is 2.10 bits per heavy atom. The van der Waals surface area contributed by atoms with Gasteiger partial charge >= 0.3 is 5.97 Å². The molecule has 0 amide bonds. The number of alkyl halides is 1. The van der Waals surface area contributed by atoms with Gasteiger partial charge in [-0.3, -0.25) is 4.79 Å². The highest BCUT2D eigenvalue weighted by atomic mass is 35.5. The van der Waals surface area contributed by atoms with Gasteiger partial charge < -0.3 is 9.64 Å². The van der Waals surface area contributed by atoms with Crippen LogP contribution in [0.4, 0.5) is 0 Å². The van der Waals surface area contributed by atoms with Gasteiger partial charge in [0.2, 0.25) is 0 Å². The molecule has 21 heavy (non-hydrogen) atoms. The van der Waals surface area contributed by atoms with Crippen LogP contribution < -0.4 is 0 Å². The maximum atomic E-state index is 11.5. The fourth-order valence-electron chi connectivity index (χ4n) is 2.22. The van der Waals surface area contributed by atoms with Gasteiger partial charge in [0.05, 0.1) is 0 Å². The van der Waals surface area contributed by atoms with E-state index < -0.39 is 0 Å². The van der Waals surface area contributed by atoms with Crippen LogP contribution in [0, 0.1) is 0 Å². The van der Waals surface area contributed by atoms with E-state index in [1.165, 1.54) is 44.9 Å². The molecule has 0 heterocycles. The van der Waals surface area contributed by atoms with Crippen molar-refractivity contribution in [3.63, 3.8) is 0 Å². The predicted octanol–water partition coefficient (Wildman–Crippen LogP) is 4.62. The molecular formula is C17H34ClNO2. The molecule has 0 bridgehead atoms. The van der Waals surface area contributed by atoms with Crippen molar-refractivity contribution in [2.45, 2.75) is 71.1 Å². The number of esters is 1. The number of likely N-dealkylation sites (N-methyl/N-ethyl adjacent to an activating group) is 1. The van der Waals surface area contributed by atoms with Gasteiger partial charge in [-0.15, -0.1) is 11.6 Å². The average molecular weight is 320 g/mol. The summed E-state index contributed by atoms with van der Waals surface area (Å²) in [5, 5.41) is 0.